The third-order valence-electron chi connectivity index (χ3n) is 1.51. The Hall–Kier alpha value is 0.181. The Bertz CT molecular complexity index is 364. The summed E-state index contributed by atoms with van der Waals surface area (Å²) in [4.78, 5) is 0. The zero-order valence-corrected chi connectivity index (χ0v) is 11.2. The van der Waals surface area contributed by atoms with Gasteiger partial charge in [0, 0.05) is 11.3 Å². The molecule has 0 aromatic heterocycles. The second-order valence-electron chi connectivity index (χ2n) is 2.77. The number of nitrogen functional groups attached to an aromatic ring is 1. The molecule has 0 radical (unpaired) electrons. The van der Waals surface area contributed by atoms with Crippen LogP contribution in [0.1, 0.15) is 5.56 Å². The molecular formula is C8H7BF4KN. The summed E-state index contributed by atoms with van der Waals surface area (Å²) in [6.45, 7) is -5.04. The quantitative estimate of drug-likeness (QED) is 0.435. The number of benzene rings is 1. The van der Waals surface area contributed by atoms with Crippen molar-refractivity contribution in [3.63, 3.8) is 0 Å². The van der Waals surface area contributed by atoms with Crippen LogP contribution >= 0.6 is 0 Å². The Morgan fingerprint density at radius 2 is 1.80 bits per heavy atom. The number of anilines is 1. The van der Waals surface area contributed by atoms with Crippen LogP contribution in [0.15, 0.2) is 24.2 Å². The summed E-state index contributed by atoms with van der Waals surface area (Å²) in [5.74, 6) is -0.701. The van der Waals surface area contributed by atoms with E-state index in [-0.39, 0.29) is 68.6 Å². The van der Waals surface area contributed by atoms with Crippen LogP contribution in [-0.4, -0.2) is 6.98 Å². The largest absolute Gasteiger partial charge is 1.00 e. The summed E-state index contributed by atoms with van der Waals surface area (Å²) in [6.07, 6.45) is 0.672. The van der Waals surface area contributed by atoms with E-state index >= 15 is 0 Å². The second kappa shape index (κ2) is 6.05. The zero-order chi connectivity index (χ0) is 10.8. The molecule has 0 aliphatic carbocycles. The van der Waals surface area contributed by atoms with Crippen molar-refractivity contribution in [3.05, 3.63) is 35.6 Å². The van der Waals surface area contributed by atoms with Gasteiger partial charge in [0.15, 0.2) is 0 Å². The summed E-state index contributed by atoms with van der Waals surface area (Å²) in [5, 5.41) is 0. The molecule has 0 saturated carbocycles. The predicted molar refractivity (Wildman–Crippen MR) is 48.9 cm³/mol. The molecular weight excluding hydrogens is 236 g/mol. The van der Waals surface area contributed by atoms with Gasteiger partial charge in [-0.05, 0) is 18.2 Å². The predicted octanol–water partition coefficient (Wildman–Crippen LogP) is -0.188. The first kappa shape index (κ1) is 15.2. The van der Waals surface area contributed by atoms with E-state index in [4.69, 9.17) is 5.73 Å². The van der Waals surface area contributed by atoms with Gasteiger partial charge in [-0.3, -0.25) is 0 Å². The monoisotopic (exact) mass is 243 g/mol. The summed E-state index contributed by atoms with van der Waals surface area (Å²) >= 11 is 0. The minimum Gasteiger partial charge on any atom is -0.445 e. The molecule has 0 heterocycles. The van der Waals surface area contributed by atoms with Crippen molar-refractivity contribution >= 4 is 18.7 Å². The Kier molecular flexibility index (Phi) is 6.12. The molecule has 0 aliphatic heterocycles. The van der Waals surface area contributed by atoms with Gasteiger partial charge in [0.2, 0.25) is 0 Å². The first-order chi connectivity index (χ1) is 6.38. The van der Waals surface area contributed by atoms with Crippen molar-refractivity contribution in [1.29, 1.82) is 0 Å². The van der Waals surface area contributed by atoms with E-state index in [0.717, 1.165) is 12.1 Å². The number of halogens is 4. The van der Waals surface area contributed by atoms with Crippen LogP contribution < -0.4 is 57.1 Å². The van der Waals surface area contributed by atoms with E-state index in [1.807, 2.05) is 0 Å². The summed E-state index contributed by atoms with van der Waals surface area (Å²) in [5.41, 5.74) is 5.35. The fraction of sp³-hybridized carbons (Fsp3) is 0. The number of hydrogen-bond acceptors (Lipinski definition) is 1. The van der Waals surface area contributed by atoms with Gasteiger partial charge in [0.05, 0.1) is 0 Å². The molecule has 7 heteroatoms. The number of nitrogens with two attached hydrogens (primary N) is 1. The van der Waals surface area contributed by atoms with Crippen LogP contribution in [0.25, 0.3) is 6.08 Å². The first-order valence-corrected chi connectivity index (χ1v) is 3.83. The zero-order valence-electron chi connectivity index (χ0n) is 8.05. The van der Waals surface area contributed by atoms with Gasteiger partial charge < -0.3 is 18.7 Å². The van der Waals surface area contributed by atoms with Crippen LogP contribution in [-0.2, 0) is 0 Å². The van der Waals surface area contributed by atoms with E-state index in [1.165, 1.54) is 6.07 Å². The van der Waals surface area contributed by atoms with Gasteiger partial charge in [0.25, 0.3) is 0 Å². The molecule has 0 amide bonds. The van der Waals surface area contributed by atoms with Gasteiger partial charge in [-0.1, -0.05) is 6.08 Å². The molecule has 0 unspecified atom stereocenters. The fourth-order valence-corrected chi connectivity index (χ4v) is 0.903. The van der Waals surface area contributed by atoms with Crippen molar-refractivity contribution in [2.24, 2.45) is 0 Å². The smallest absolute Gasteiger partial charge is 0.445 e. The summed E-state index contributed by atoms with van der Waals surface area (Å²) in [7, 11) is 0. The van der Waals surface area contributed by atoms with Crippen molar-refractivity contribution in [3.8, 4) is 0 Å². The van der Waals surface area contributed by atoms with Crippen LogP contribution in [0.5, 0.6) is 0 Å². The molecule has 76 valence electrons. The third kappa shape index (κ3) is 5.72. The van der Waals surface area contributed by atoms with E-state index in [9.17, 15) is 17.3 Å². The SMILES string of the molecule is Nc1ccc(F)c(/C=C/[B-](F)(F)F)c1.[K+]. The third-order valence-corrected chi connectivity index (χ3v) is 1.51. The Labute approximate surface area is 127 Å². The molecule has 0 saturated heterocycles. The molecule has 0 fully saturated rings. The molecule has 1 aromatic carbocycles. The van der Waals surface area contributed by atoms with Crippen LogP contribution in [0, 0.1) is 5.82 Å². The maximum Gasteiger partial charge on any atom is 1.00 e. The topological polar surface area (TPSA) is 26.0 Å². The molecule has 2 N–H and O–H groups in total. The Morgan fingerprint density at radius 3 is 2.33 bits per heavy atom. The van der Waals surface area contributed by atoms with Crippen molar-refractivity contribution < 1.29 is 68.7 Å². The van der Waals surface area contributed by atoms with E-state index in [1.54, 1.807) is 0 Å². The number of rotatable bonds is 2. The van der Waals surface area contributed by atoms with Gasteiger partial charge in [-0.2, -0.15) is 0 Å². The van der Waals surface area contributed by atoms with Crippen LogP contribution in [0.4, 0.5) is 23.0 Å². The molecule has 15 heavy (non-hydrogen) atoms. The molecule has 1 rings (SSSR count). The van der Waals surface area contributed by atoms with E-state index in [0.29, 0.717) is 6.08 Å². The molecule has 0 atom stereocenters. The fourth-order valence-electron chi connectivity index (χ4n) is 0.903. The molecule has 0 aliphatic rings. The van der Waals surface area contributed by atoms with Gasteiger partial charge in [-0.25, -0.2) is 4.39 Å². The van der Waals surface area contributed by atoms with Gasteiger partial charge >= 0.3 is 58.4 Å². The van der Waals surface area contributed by atoms with E-state index in [2.05, 4.69) is 0 Å². The number of hydrogen-bond donors (Lipinski definition) is 1. The van der Waals surface area contributed by atoms with Crippen molar-refractivity contribution in [1.82, 2.24) is 0 Å². The molecule has 1 aromatic rings. The van der Waals surface area contributed by atoms with E-state index < -0.39 is 12.8 Å². The molecule has 1 nitrogen and oxygen atoms in total. The minimum absolute atomic E-state index is 0. The first-order valence-electron chi connectivity index (χ1n) is 3.83. The normalized spacial score (nSPS) is 11.5. The van der Waals surface area contributed by atoms with Crippen LogP contribution in [0.2, 0.25) is 0 Å². The standard InChI is InChI=1S/C8H7BF4N.K/c10-8-2-1-7(14)5-6(8)3-4-9(11,12)13;/h1-5H,14H2;/q-1;+1/b4-3+;. The average Bonchev–Trinajstić information content (AvgIpc) is 2.05. The minimum atomic E-state index is -5.04. The van der Waals surface area contributed by atoms with Crippen LogP contribution in [0.3, 0.4) is 0 Å². The van der Waals surface area contributed by atoms with Gasteiger partial charge in [-0.15, -0.1) is 5.98 Å². The maximum absolute atomic E-state index is 12.9. The van der Waals surface area contributed by atoms with Gasteiger partial charge in [0.1, 0.15) is 5.82 Å². The molecule has 0 spiro atoms. The van der Waals surface area contributed by atoms with Crippen molar-refractivity contribution in [2.45, 2.75) is 0 Å². The summed E-state index contributed by atoms with van der Waals surface area (Å²) in [6, 6.07) is 3.46. The molecule has 0 bridgehead atoms. The Morgan fingerprint density at radius 1 is 1.20 bits per heavy atom. The second-order valence-corrected chi connectivity index (χ2v) is 2.77. The van der Waals surface area contributed by atoms with Crippen molar-refractivity contribution in [2.75, 3.05) is 5.73 Å². The maximum atomic E-state index is 12.9. The summed E-state index contributed by atoms with van der Waals surface area (Å²) < 4.78 is 48.3. The average molecular weight is 243 g/mol. The Balaban J connectivity index is 0.00000196.